The highest BCUT2D eigenvalue weighted by Gasteiger charge is 2.08. The Bertz CT molecular complexity index is 621. The standard InChI is InChI=1S/C13H12N2O3S/c1-8(10-7-9(16)4-5-11(10)17)14-15-13(18)12-3-2-6-19-12/h2-7,16-17H,1H3,(H,15,18)/b14-8+. The Morgan fingerprint density at radius 2 is 2.11 bits per heavy atom. The Morgan fingerprint density at radius 3 is 2.79 bits per heavy atom. The summed E-state index contributed by atoms with van der Waals surface area (Å²) < 4.78 is 0. The predicted molar refractivity (Wildman–Crippen MR) is 73.8 cm³/mol. The van der Waals surface area contributed by atoms with Gasteiger partial charge in [0.15, 0.2) is 0 Å². The predicted octanol–water partition coefficient (Wildman–Crippen LogP) is 2.31. The second kappa shape index (κ2) is 5.53. The lowest BCUT2D eigenvalue weighted by atomic mass is 10.1. The van der Waals surface area contributed by atoms with Gasteiger partial charge in [-0.3, -0.25) is 4.79 Å². The zero-order chi connectivity index (χ0) is 13.8. The normalized spacial score (nSPS) is 11.3. The molecule has 1 aromatic carbocycles. The Kier molecular flexibility index (Phi) is 3.82. The van der Waals surface area contributed by atoms with Crippen LogP contribution >= 0.6 is 11.3 Å². The molecule has 0 fully saturated rings. The SMILES string of the molecule is C/C(=N\NC(=O)c1cccs1)c1cc(O)ccc1O. The summed E-state index contributed by atoms with van der Waals surface area (Å²) >= 11 is 1.31. The van der Waals surface area contributed by atoms with Crippen molar-refractivity contribution >= 4 is 23.0 Å². The van der Waals surface area contributed by atoms with Crippen molar-refractivity contribution in [2.45, 2.75) is 6.92 Å². The average Bonchev–Trinajstić information content (AvgIpc) is 2.92. The van der Waals surface area contributed by atoms with E-state index in [9.17, 15) is 15.0 Å². The smallest absolute Gasteiger partial charge is 0.281 e. The number of phenols is 2. The third-order valence-corrected chi connectivity index (χ3v) is 3.31. The molecule has 0 atom stereocenters. The fraction of sp³-hybridized carbons (Fsp3) is 0.0769. The van der Waals surface area contributed by atoms with Gasteiger partial charge in [0.25, 0.3) is 5.91 Å². The van der Waals surface area contributed by atoms with Gasteiger partial charge >= 0.3 is 0 Å². The number of thiophene rings is 1. The summed E-state index contributed by atoms with van der Waals surface area (Å²) in [6.45, 7) is 1.63. The van der Waals surface area contributed by atoms with Crippen molar-refractivity contribution in [3.05, 3.63) is 46.2 Å². The minimum Gasteiger partial charge on any atom is -0.508 e. The van der Waals surface area contributed by atoms with Gasteiger partial charge in [-0.2, -0.15) is 5.10 Å². The van der Waals surface area contributed by atoms with Crippen LogP contribution in [-0.4, -0.2) is 21.8 Å². The van der Waals surface area contributed by atoms with Gasteiger partial charge in [-0.15, -0.1) is 11.3 Å². The van der Waals surface area contributed by atoms with Crippen LogP contribution < -0.4 is 5.43 Å². The van der Waals surface area contributed by atoms with E-state index in [0.29, 0.717) is 16.2 Å². The molecule has 5 nitrogen and oxygen atoms in total. The number of nitrogens with one attached hydrogen (secondary N) is 1. The maximum atomic E-state index is 11.7. The summed E-state index contributed by atoms with van der Waals surface area (Å²) in [6, 6.07) is 7.58. The second-order valence-electron chi connectivity index (χ2n) is 3.82. The summed E-state index contributed by atoms with van der Waals surface area (Å²) in [5.41, 5.74) is 3.17. The Labute approximate surface area is 113 Å². The minimum absolute atomic E-state index is 0.00979. The van der Waals surface area contributed by atoms with Gasteiger partial charge < -0.3 is 10.2 Å². The first-order chi connectivity index (χ1) is 9.08. The van der Waals surface area contributed by atoms with Crippen molar-refractivity contribution in [3.63, 3.8) is 0 Å². The molecule has 2 aromatic rings. The summed E-state index contributed by atoms with van der Waals surface area (Å²) in [7, 11) is 0. The van der Waals surface area contributed by atoms with Crippen LogP contribution in [0.3, 0.4) is 0 Å². The highest BCUT2D eigenvalue weighted by atomic mass is 32.1. The number of nitrogens with zero attached hydrogens (tertiary/aromatic N) is 1. The van der Waals surface area contributed by atoms with E-state index in [1.807, 2.05) is 0 Å². The van der Waals surface area contributed by atoms with Gasteiger partial charge in [0, 0.05) is 5.56 Å². The van der Waals surface area contributed by atoms with Crippen molar-refractivity contribution in [1.29, 1.82) is 0 Å². The molecule has 1 amide bonds. The van der Waals surface area contributed by atoms with Crippen molar-refractivity contribution in [1.82, 2.24) is 5.43 Å². The van der Waals surface area contributed by atoms with E-state index in [2.05, 4.69) is 10.5 Å². The van der Waals surface area contributed by atoms with E-state index in [1.54, 1.807) is 24.4 Å². The number of hydrogen-bond acceptors (Lipinski definition) is 5. The third kappa shape index (κ3) is 3.11. The third-order valence-electron chi connectivity index (χ3n) is 2.44. The molecule has 6 heteroatoms. The molecular formula is C13H12N2O3S. The zero-order valence-corrected chi connectivity index (χ0v) is 10.9. The Hall–Kier alpha value is -2.34. The van der Waals surface area contributed by atoms with Crippen LogP contribution in [0.2, 0.25) is 0 Å². The first-order valence-corrected chi connectivity index (χ1v) is 6.36. The van der Waals surface area contributed by atoms with Gasteiger partial charge in [-0.1, -0.05) is 6.07 Å². The molecule has 0 radical (unpaired) electrons. The zero-order valence-electron chi connectivity index (χ0n) is 10.1. The molecule has 0 bridgehead atoms. The number of aromatic hydroxyl groups is 2. The van der Waals surface area contributed by atoms with E-state index in [0.717, 1.165) is 0 Å². The number of phenolic OH excluding ortho intramolecular Hbond substituents is 2. The van der Waals surface area contributed by atoms with Crippen LogP contribution in [0.1, 0.15) is 22.2 Å². The molecule has 0 saturated carbocycles. The molecule has 19 heavy (non-hydrogen) atoms. The summed E-state index contributed by atoms with van der Waals surface area (Å²) in [4.78, 5) is 12.2. The summed E-state index contributed by atoms with van der Waals surface area (Å²) in [5.74, 6) is -0.301. The molecule has 0 saturated heterocycles. The van der Waals surface area contributed by atoms with Crippen LogP contribution in [0.5, 0.6) is 11.5 Å². The van der Waals surface area contributed by atoms with Crippen molar-refractivity contribution < 1.29 is 15.0 Å². The lowest BCUT2D eigenvalue weighted by molar-refractivity contribution is 0.0959. The fourth-order valence-electron chi connectivity index (χ4n) is 1.47. The highest BCUT2D eigenvalue weighted by Crippen LogP contribution is 2.22. The number of amides is 1. The largest absolute Gasteiger partial charge is 0.508 e. The molecule has 0 aliphatic heterocycles. The number of rotatable bonds is 3. The van der Waals surface area contributed by atoms with Crippen LogP contribution in [0.15, 0.2) is 40.8 Å². The summed E-state index contributed by atoms with van der Waals surface area (Å²) in [5, 5.41) is 24.7. The number of carbonyl (C=O) groups excluding carboxylic acids is 1. The van der Waals surface area contributed by atoms with Gasteiger partial charge in [-0.05, 0) is 36.6 Å². The van der Waals surface area contributed by atoms with Crippen LogP contribution in [0.25, 0.3) is 0 Å². The van der Waals surface area contributed by atoms with Crippen molar-refractivity contribution in [2.24, 2.45) is 5.10 Å². The first-order valence-electron chi connectivity index (χ1n) is 5.48. The maximum Gasteiger partial charge on any atom is 0.281 e. The van der Waals surface area contributed by atoms with E-state index in [4.69, 9.17) is 0 Å². The molecule has 1 heterocycles. The van der Waals surface area contributed by atoms with E-state index >= 15 is 0 Å². The topological polar surface area (TPSA) is 81.9 Å². The molecule has 2 rings (SSSR count). The molecule has 0 aliphatic carbocycles. The summed E-state index contributed by atoms with van der Waals surface area (Å²) in [6.07, 6.45) is 0. The van der Waals surface area contributed by atoms with Gasteiger partial charge in [0.2, 0.25) is 0 Å². The lowest BCUT2D eigenvalue weighted by Gasteiger charge is -2.05. The number of hydrogen-bond donors (Lipinski definition) is 3. The van der Waals surface area contributed by atoms with E-state index in [1.165, 1.54) is 29.5 Å². The van der Waals surface area contributed by atoms with Crippen LogP contribution in [0, 0.1) is 0 Å². The Balaban J connectivity index is 2.15. The fourth-order valence-corrected chi connectivity index (χ4v) is 2.09. The number of carbonyl (C=O) groups is 1. The lowest BCUT2D eigenvalue weighted by Crippen LogP contribution is -2.18. The molecule has 3 N–H and O–H groups in total. The second-order valence-corrected chi connectivity index (χ2v) is 4.76. The van der Waals surface area contributed by atoms with Gasteiger partial charge in [0.1, 0.15) is 11.5 Å². The minimum atomic E-state index is -0.311. The molecule has 1 aromatic heterocycles. The van der Waals surface area contributed by atoms with Gasteiger partial charge in [0.05, 0.1) is 10.6 Å². The van der Waals surface area contributed by atoms with E-state index in [-0.39, 0.29) is 17.4 Å². The molecule has 0 unspecified atom stereocenters. The van der Waals surface area contributed by atoms with Crippen LogP contribution in [-0.2, 0) is 0 Å². The molecule has 98 valence electrons. The number of hydrazone groups is 1. The molecular weight excluding hydrogens is 264 g/mol. The van der Waals surface area contributed by atoms with E-state index < -0.39 is 0 Å². The maximum absolute atomic E-state index is 11.7. The first kappa shape index (κ1) is 13.1. The average molecular weight is 276 g/mol. The monoisotopic (exact) mass is 276 g/mol. The molecule has 0 spiro atoms. The van der Waals surface area contributed by atoms with Crippen molar-refractivity contribution in [3.8, 4) is 11.5 Å². The quantitative estimate of drug-likeness (QED) is 0.457. The Morgan fingerprint density at radius 1 is 1.32 bits per heavy atom. The number of benzene rings is 1. The molecule has 0 aliphatic rings. The van der Waals surface area contributed by atoms with Gasteiger partial charge in [-0.25, -0.2) is 5.43 Å². The highest BCUT2D eigenvalue weighted by molar-refractivity contribution is 7.12. The van der Waals surface area contributed by atoms with Crippen molar-refractivity contribution in [2.75, 3.05) is 0 Å². The van der Waals surface area contributed by atoms with Crippen LogP contribution in [0.4, 0.5) is 0 Å².